The molecule has 3 rings (SSSR count). The highest BCUT2D eigenvalue weighted by atomic mass is 16.5. The van der Waals surface area contributed by atoms with Crippen molar-refractivity contribution in [2.24, 2.45) is 0 Å². The molecule has 0 fully saturated rings. The molecule has 0 aromatic heterocycles. The maximum absolute atomic E-state index is 12.8. The van der Waals surface area contributed by atoms with Crippen LogP contribution in [0.2, 0.25) is 0 Å². The Morgan fingerprint density at radius 2 is 1.33 bits per heavy atom. The van der Waals surface area contributed by atoms with Crippen molar-refractivity contribution < 1.29 is 19.1 Å². The second-order valence-corrected chi connectivity index (χ2v) is 7.58. The van der Waals surface area contributed by atoms with Crippen LogP contribution in [0.3, 0.4) is 0 Å². The molecule has 0 saturated heterocycles. The van der Waals surface area contributed by atoms with Crippen LogP contribution in [0.15, 0.2) is 72.8 Å². The number of hydrogen-bond donors (Lipinski definition) is 3. The molecule has 0 heterocycles. The summed E-state index contributed by atoms with van der Waals surface area (Å²) in [6.07, 6.45) is 0. The van der Waals surface area contributed by atoms with E-state index in [2.05, 4.69) is 16.0 Å². The van der Waals surface area contributed by atoms with E-state index in [1.165, 1.54) is 14.2 Å². The third-order valence-electron chi connectivity index (χ3n) is 5.23. The van der Waals surface area contributed by atoms with Gasteiger partial charge in [0, 0.05) is 17.7 Å². The van der Waals surface area contributed by atoms with Crippen molar-refractivity contribution >= 4 is 23.2 Å². The Bertz CT molecular complexity index is 1090. The minimum absolute atomic E-state index is 0.130. The van der Waals surface area contributed by atoms with Crippen LogP contribution in [0, 0.1) is 0 Å². The molecule has 7 heteroatoms. The van der Waals surface area contributed by atoms with Crippen molar-refractivity contribution in [3.8, 4) is 11.5 Å². The van der Waals surface area contributed by atoms with Gasteiger partial charge in [-0.1, -0.05) is 48.5 Å². The zero-order valence-electron chi connectivity index (χ0n) is 19.2. The molecular weight excluding hydrogens is 418 g/mol. The Morgan fingerprint density at radius 1 is 0.788 bits per heavy atom. The van der Waals surface area contributed by atoms with Crippen LogP contribution in [0.4, 0.5) is 11.4 Å². The minimum atomic E-state index is -0.542. The van der Waals surface area contributed by atoms with Gasteiger partial charge in [0.15, 0.2) is 0 Å². The molecule has 2 atom stereocenters. The zero-order valence-corrected chi connectivity index (χ0v) is 19.2. The molecule has 0 aliphatic rings. The fourth-order valence-corrected chi connectivity index (χ4v) is 3.35. The number of anilines is 2. The van der Waals surface area contributed by atoms with Gasteiger partial charge >= 0.3 is 0 Å². The Labute approximate surface area is 194 Å². The Morgan fingerprint density at radius 3 is 1.94 bits per heavy atom. The smallest absolute Gasteiger partial charge is 0.255 e. The topological polar surface area (TPSA) is 88.7 Å². The molecule has 7 nitrogen and oxygen atoms in total. The van der Waals surface area contributed by atoms with E-state index >= 15 is 0 Å². The van der Waals surface area contributed by atoms with E-state index in [0.29, 0.717) is 28.4 Å². The van der Waals surface area contributed by atoms with Gasteiger partial charge in [-0.25, -0.2) is 0 Å². The van der Waals surface area contributed by atoms with Crippen LogP contribution in [-0.4, -0.2) is 32.1 Å². The predicted molar refractivity (Wildman–Crippen MR) is 130 cm³/mol. The normalized spacial score (nSPS) is 12.2. The number of nitrogens with one attached hydrogen (secondary N) is 3. The number of carbonyl (C=O) groups excluding carboxylic acids is 2. The van der Waals surface area contributed by atoms with Gasteiger partial charge in [-0.15, -0.1) is 0 Å². The summed E-state index contributed by atoms with van der Waals surface area (Å²) in [5.74, 6) is 0.482. The van der Waals surface area contributed by atoms with E-state index in [1.807, 2.05) is 43.3 Å². The maximum atomic E-state index is 12.8. The van der Waals surface area contributed by atoms with Crippen molar-refractivity contribution in [3.05, 3.63) is 83.9 Å². The number of hydrogen-bond acceptors (Lipinski definition) is 5. The van der Waals surface area contributed by atoms with Crippen molar-refractivity contribution in [1.82, 2.24) is 5.32 Å². The first kappa shape index (κ1) is 23.7. The van der Waals surface area contributed by atoms with E-state index < -0.39 is 6.04 Å². The van der Waals surface area contributed by atoms with Gasteiger partial charge < -0.3 is 25.4 Å². The van der Waals surface area contributed by atoms with Crippen LogP contribution >= 0.6 is 0 Å². The van der Waals surface area contributed by atoms with Gasteiger partial charge in [0.25, 0.3) is 5.91 Å². The second kappa shape index (κ2) is 11.0. The molecule has 3 aromatic carbocycles. The van der Waals surface area contributed by atoms with E-state index in [9.17, 15) is 9.59 Å². The Kier molecular flexibility index (Phi) is 7.91. The van der Waals surface area contributed by atoms with Crippen LogP contribution in [0.1, 0.15) is 35.8 Å². The van der Waals surface area contributed by atoms with Gasteiger partial charge in [-0.05, 0) is 31.5 Å². The summed E-state index contributed by atoms with van der Waals surface area (Å²) in [5, 5.41) is 9.03. The monoisotopic (exact) mass is 447 g/mol. The zero-order chi connectivity index (χ0) is 23.8. The summed E-state index contributed by atoms with van der Waals surface area (Å²) in [6.45, 7) is 3.71. The van der Waals surface area contributed by atoms with Gasteiger partial charge in [0.05, 0.1) is 31.6 Å². The molecule has 0 aliphatic carbocycles. The second-order valence-electron chi connectivity index (χ2n) is 7.58. The lowest BCUT2D eigenvalue weighted by atomic mass is 10.1. The highest BCUT2D eigenvalue weighted by Crippen LogP contribution is 2.37. The van der Waals surface area contributed by atoms with Crippen LogP contribution in [0.25, 0.3) is 0 Å². The van der Waals surface area contributed by atoms with Crippen molar-refractivity contribution in [2.75, 3.05) is 24.9 Å². The maximum Gasteiger partial charge on any atom is 0.255 e. The molecule has 0 radical (unpaired) electrons. The number of methoxy groups -OCH3 is 2. The van der Waals surface area contributed by atoms with Gasteiger partial charge in [-0.2, -0.15) is 0 Å². The number of benzene rings is 3. The summed E-state index contributed by atoms with van der Waals surface area (Å²) in [4.78, 5) is 25.3. The van der Waals surface area contributed by atoms with E-state index in [-0.39, 0.29) is 17.9 Å². The third-order valence-corrected chi connectivity index (χ3v) is 5.23. The van der Waals surface area contributed by atoms with Gasteiger partial charge in [0.1, 0.15) is 17.5 Å². The Balaban J connectivity index is 1.74. The van der Waals surface area contributed by atoms with Crippen molar-refractivity contribution in [2.45, 2.75) is 25.9 Å². The molecule has 3 N–H and O–H groups in total. The molecule has 2 amide bonds. The molecule has 0 saturated carbocycles. The summed E-state index contributed by atoms with van der Waals surface area (Å²) >= 11 is 0. The molecule has 0 bridgehead atoms. The van der Waals surface area contributed by atoms with Crippen LogP contribution < -0.4 is 25.4 Å². The number of carbonyl (C=O) groups is 2. The number of rotatable bonds is 9. The lowest BCUT2D eigenvalue weighted by Crippen LogP contribution is -2.38. The molecule has 0 aliphatic heterocycles. The standard InChI is InChI=1S/C26H29N3O4/c1-17(19-11-7-5-8-12-19)28-25(30)18(2)27-21-15-24(33-4)22(16-23(21)32-3)29-26(31)20-13-9-6-10-14-20/h5-18,27H,1-4H3,(H,28,30)(H,29,31). The largest absolute Gasteiger partial charge is 0.495 e. The molecule has 2 unspecified atom stereocenters. The first-order valence-corrected chi connectivity index (χ1v) is 10.7. The number of ether oxygens (including phenoxy) is 2. The fraction of sp³-hybridized carbons (Fsp3) is 0.231. The number of amides is 2. The lowest BCUT2D eigenvalue weighted by Gasteiger charge is -2.22. The summed E-state index contributed by atoms with van der Waals surface area (Å²) in [7, 11) is 3.04. The third kappa shape index (κ3) is 6.04. The Hall–Kier alpha value is -4.00. The van der Waals surface area contributed by atoms with Gasteiger partial charge in [-0.3, -0.25) is 9.59 Å². The molecule has 0 spiro atoms. The van der Waals surface area contributed by atoms with E-state index in [0.717, 1.165) is 5.56 Å². The molecular formula is C26H29N3O4. The first-order chi connectivity index (χ1) is 15.9. The van der Waals surface area contributed by atoms with Crippen LogP contribution in [-0.2, 0) is 4.79 Å². The van der Waals surface area contributed by atoms with Crippen molar-refractivity contribution in [3.63, 3.8) is 0 Å². The van der Waals surface area contributed by atoms with E-state index in [4.69, 9.17) is 9.47 Å². The summed E-state index contributed by atoms with van der Waals surface area (Å²) in [6, 6.07) is 21.3. The lowest BCUT2D eigenvalue weighted by molar-refractivity contribution is -0.122. The van der Waals surface area contributed by atoms with E-state index in [1.54, 1.807) is 43.3 Å². The summed E-state index contributed by atoms with van der Waals surface area (Å²) < 4.78 is 11.0. The quantitative estimate of drug-likeness (QED) is 0.445. The minimum Gasteiger partial charge on any atom is -0.495 e. The van der Waals surface area contributed by atoms with Crippen LogP contribution in [0.5, 0.6) is 11.5 Å². The highest BCUT2D eigenvalue weighted by Gasteiger charge is 2.20. The molecule has 3 aromatic rings. The predicted octanol–water partition coefficient (Wildman–Crippen LogP) is 4.63. The molecule has 33 heavy (non-hydrogen) atoms. The van der Waals surface area contributed by atoms with Gasteiger partial charge in [0.2, 0.25) is 5.91 Å². The molecule has 172 valence electrons. The SMILES string of the molecule is COc1cc(NC(C)C(=O)NC(C)c2ccccc2)c(OC)cc1NC(=O)c1ccccc1. The first-order valence-electron chi connectivity index (χ1n) is 10.7. The average Bonchev–Trinajstić information content (AvgIpc) is 2.85. The average molecular weight is 448 g/mol. The van der Waals surface area contributed by atoms with Crippen molar-refractivity contribution in [1.29, 1.82) is 0 Å². The summed E-state index contributed by atoms with van der Waals surface area (Å²) in [5.41, 5.74) is 2.58. The fourth-order valence-electron chi connectivity index (χ4n) is 3.35. The highest BCUT2D eigenvalue weighted by molar-refractivity contribution is 6.05.